The Morgan fingerprint density at radius 1 is 1.24 bits per heavy atom. The highest BCUT2D eigenvalue weighted by atomic mass is 19.1. The van der Waals surface area contributed by atoms with Crippen LogP contribution in [0.25, 0.3) is 0 Å². The Labute approximate surface area is 170 Å². The summed E-state index contributed by atoms with van der Waals surface area (Å²) in [6, 6.07) is 13.3. The average molecular weight is 398 g/mol. The van der Waals surface area contributed by atoms with Crippen LogP contribution in [0.1, 0.15) is 18.1 Å². The summed E-state index contributed by atoms with van der Waals surface area (Å²) in [5.41, 5.74) is 1.38. The van der Waals surface area contributed by atoms with Gasteiger partial charge in [0.1, 0.15) is 23.9 Å². The van der Waals surface area contributed by atoms with Crippen LogP contribution in [0.4, 0.5) is 4.39 Å². The number of benzene rings is 2. The molecule has 0 aromatic heterocycles. The smallest absolute Gasteiger partial charge is 0.263 e. The second-order valence-corrected chi connectivity index (χ2v) is 7.10. The summed E-state index contributed by atoms with van der Waals surface area (Å²) < 4.78 is 24.6. The van der Waals surface area contributed by atoms with Gasteiger partial charge >= 0.3 is 0 Å². The van der Waals surface area contributed by atoms with Crippen molar-refractivity contribution < 1.29 is 23.6 Å². The number of ether oxygens (including phenoxy) is 2. The Kier molecular flexibility index (Phi) is 6.68. The number of methoxy groups -OCH3 is 1. The first-order valence-corrected chi connectivity index (χ1v) is 9.61. The SMILES string of the molecule is COc1ccc(F)cc1C[NH+]1CCN(C(=O)[C@@H](C)Oc2ccc(C#N)cc2)CC1. The molecular weight excluding hydrogens is 373 g/mol. The molecule has 7 heteroatoms. The number of quaternary nitrogens is 1. The van der Waals surface area contributed by atoms with Crippen LogP contribution in [0.5, 0.6) is 11.5 Å². The highest BCUT2D eigenvalue weighted by molar-refractivity contribution is 5.81. The van der Waals surface area contributed by atoms with Crippen LogP contribution in [0.3, 0.4) is 0 Å². The Balaban J connectivity index is 1.52. The summed E-state index contributed by atoms with van der Waals surface area (Å²) in [5, 5.41) is 8.85. The fraction of sp³-hybridized carbons (Fsp3) is 0.364. The number of nitriles is 1. The van der Waals surface area contributed by atoms with Crippen molar-refractivity contribution in [1.29, 1.82) is 5.26 Å². The zero-order valence-corrected chi connectivity index (χ0v) is 16.7. The van der Waals surface area contributed by atoms with Gasteiger partial charge in [-0.3, -0.25) is 4.79 Å². The number of piperazine rings is 1. The van der Waals surface area contributed by atoms with E-state index in [1.807, 2.05) is 0 Å². The standard InChI is InChI=1S/C22H24FN3O3/c1-16(29-20-6-3-17(14-24)4-7-20)22(27)26-11-9-25(10-12-26)15-18-13-19(23)5-8-21(18)28-2/h3-8,13,16H,9-12,15H2,1-2H3/p+1/t16-/m1/s1. The molecule has 1 aliphatic rings. The summed E-state index contributed by atoms with van der Waals surface area (Å²) in [4.78, 5) is 15.8. The first-order chi connectivity index (χ1) is 14.0. The lowest BCUT2D eigenvalue weighted by molar-refractivity contribution is -0.917. The van der Waals surface area contributed by atoms with Gasteiger partial charge in [0.25, 0.3) is 5.91 Å². The monoisotopic (exact) mass is 398 g/mol. The zero-order valence-electron chi connectivity index (χ0n) is 16.7. The molecule has 0 saturated carbocycles. The molecule has 0 radical (unpaired) electrons. The number of hydrogen-bond acceptors (Lipinski definition) is 4. The predicted octanol–water partition coefficient (Wildman–Crippen LogP) is 1.40. The lowest BCUT2D eigenvalue weighted by atomic mass is 10.1. The molecular formula is C22H25FN3O3+. The Hall–Kier alpha value is -3.11. The molecule has 152 valence electrons. The van der Waals surface area contributed by atoms with E-state index in [9.17, 15) is 9.18 Å². The van der Waals surface area contributed by atoms with Crippen molar-refractivity contribution in [1.82, 2.24) is 4.90 Å². The summed E-state index contributed by atoms with van der Waals surface area (Å²) in [6.07, 6.45) is -0.604. The molecule has 2 aromatic rings. The molecule has 1 fully saturated rings. The minimum absolute atomic E-state index is 0.0586. The Bertz CT molecular complexity index is 887. The average Bonchev–Trinajstić information content (AvgIpc) is 2.74. The summed E-state index contributed by atoms with van der Waals surface area (Å²) in [5.74, 6) is 0.911. The fourth-order valence-electron chi connectivity index (χ4n) is 3.49. The third-order valence-electron chi connectivity index (χ3n) is 5.11. The van der Waals surface area contributed by atoms with E-state index < -0.39 is 6.10 Å². The molecule has 0 aliphatic carbocycles. The molecule has 6 nitrogen and oxygen atoms in total. The molecule has 2 aromatic carbocycles. The molecule has 1 heterocycles. The number of carbonyl (C=O) groups excluding carboxylic acids is 1. The van der Waals surface area contributed by atoms with Crippen molar-refractivity contribution in [3.63, 3.8) is 0 Å². The third kappa shape index (κ3) is 5.24. The lowest BCUT2D eigenvalue weighted by Crippen LogP contribution is -3.13. The Morgan fingerprint density at radius 3 is 2.55 bits per heavy atom. The molecule has 29 heavy (non-hydrogen) atoms. The van der Waals surface area contributed by atoms with E-state index in [2.05, 4.69) is 6.07 Å². The van der Waals surface area contributed by atoms with E-state index in [4.69, 9.17) is 14.7 Å². The Morgan fingerprint density at radius 2 is 1.93 bits per heavy atom. The quantitative estimate of drug-likeness (QED) is 0.799. The van der Waals surface area contributed by atoms with Crippen LogP contribution >= 0.6 is 0 Å². The van der Waals surface area contributed by atoms with E-state index in [0.717, 1.165) is 18.7 Å². The molecule has 1 atom stereocenters. The molecule has 1 saturated heterocycles. The van der Waals surface area contributed by atoms with Crippen LogP contribution in [-0.2, 0) is 11.3 Å². The van der Waals surface area contributed by atoms with Crippen LogP contribution in [0.15, 0.2) is 42.5 Å². The number of halogens is 1. The van der Waals surface area contributed by atoms with Gasteiger partial charge in [-0.05, 0) is 49.4 Å². The molecule has 3 rings (SSSR count). The van der Waals surface area contributed by atoms with E-state index in [1.165, 1.54) is 17.0 Å². The van der Waals surface area contributed by atoms with E-state index in [-0.39, 0.29) is 11.7 Å². The van der Waals surface area contributed by atoms with E-state index in [1.54, 1.807) is 49.3 Å². The number of carbonyl (C=O) groups is 1. The van der Waals surface area contributed by atoms with Crippen LogP contribution in [0, 0.1) is 17.1 Å². The van der Waals surface area contributed by atoms with Crippen molar-refractivity contribution in [3.8, 4) is 17.6 Å². The largest absolute Gasteiger partial charge is 0.496 e. The van der Waals surface area contributed by atoms with E-state index in [0.29, 0.717) is 36.7 Å². The van der Waals surface area contributed by atoms with Crippen LogP contribution in [0.2, 0.25) is 0 Å². The topological polar surface area (TPSA) is 67.0 Å². The number of nitrogens with zero attached hydrogens (tertiary/aromatic N) is 2. The van der Waals surface area contributed by atoms with E-state index >= 15 is 0 Å². The number of rotatable bonds is 6. The maximum absolute atomic E-state index is 13.6. The van der Waals surface area contributed by atoms with Gasteiger partial charge in [0, 0.05) is 0 Å². The van der Waals surface area contributed by atoms with Gasteiger partial charge in [-0.1, -0.05) is 0 Å². The highest BCUT2D eigenvalue weighted by Gasteiger charge is 2.28. The minimum Gasteiger partial charge on any atom is -0.496 e. The van der Waals surface area contributed by atoms with Crippen molar-refractivity contribution in [2.75, 3.05) is 33.3 Å². The maximum Gasteiger partial charge on any atom is 0.263 e. The zero-order chi connectivity index (χ0) is 20.8. The van der Waals surface area contributed by atoms with Crippen molar-refractivity contribution >= 4 is 5.91 Å². The molecule has 1 amide bonds. The first-order valence-electron chi connectivity index (χ1n) is 9.61. The highest BCUT2D eigenvalue weighted by Crippen LogP contribution is 2.18. The normalized spacial score (nSPS) is 15.4. The predicted molar refractivity (Wildman–Crippen MR) is 105 cm³/mol. The fourth-order valence-corrected chi connectivity index (χ4v) is 3.49. The lowest BCUT2D eigenvalue weighted by Gasteiger charge is -2.33. The molecule has 1 aliphatic heterocycles. The first kappa shape index (κ1) is 20.6. The van der Waals surface area contributed by atoms with Crippen LogP contribution < -0.4 is 14.4 Å². The number of nitrogens with one attached hydrogen (secondary N) is 1. The van der Waals surface area contributed by atoms with Gasteiger partial charge in [0.2, 0.25) is 0 Å². The summed E-state index contributed by atoms with van der Waals surface area (Å²) in [7, 11) is 1.58. The minimum atomic E-state index is -0.604. The van der Waals surface area contributed by atoms with Gasteiger partial charge in [0.15, 0.2) is 6.10 Å². The molecule has 0 bridgehead atoms. The van der Waals surface area contributed by atoms with Gasteiger partial charge < -0.3 is 19.3 Å². The second kappa shape index (κ2) is 9.39. The maximum atomic E-state index is 13.6. The molecule has 1 N–H and O–H groups in total. The van der Waals surface area contributed by atoms with Gasteiger partial charge in [-0.2, -0.15) is 5.26 Å². The van der Waals surface area contributed by atoms with Crippen molar-refractivity contribution in [2.24, 2.45) is 0 Å². The summed E-state index contributed by atoms with van der Waals surface area (Å²) in [6.45, 7) is 5.17. The van der Waals surface area contributed by atoms with Crippen LogP contribution in [-0.4, -0.2) is 50.2 Å². The van der Waals surface area contributed by atoms with Gasteiger partial charge in [-0.15, -0.1) is 0 Å². The summed E-state index contributed by atoms with van der Waals surface area (Å²) >= 11 is 0. The number of hydrogen-bond donors (Lipinski definition) is 1. The van der Waals surface area contributed by atoms with Gasteiger partial charge in [-0.25, -0.2) is 4.39 Å². The third-order valence-corrected chi connectivity index (χ3v) is 5.11. The molecule has 0 unspecified atom stereocenters. The van der Waals surface area contributed by atoms with Crippen molar-refractivity contribution in [2.45, 2.75) is 19.6 Å². The van der Waals surface area contributed by atoms with Crippen molar-refractivity contribution in [3.05, 3.63) is 59.4 Å². The van der Waals surface area contributed by atoms with Gasteiger partial charge in [0.05, 0.1) is 50.5 Å². The second-order valence-electron chi connectivity index (χ2n) is 7.10. The molecule has 0 spiro atoms. The number of amides is 1.